The fourth-order valence-corrected chi connectivity index (χ4v) is 3.34. The number of esters is 1. The Morgan fingerprint density at radius 1 is 1.28 bits per heavy atom. The molecule has 2 rings (SSSR count). The molecule has 0 radical (unpaired) electrons. The molecule has 1 aromatic rings. The van der Waals surface area contributed by atoms with Crippen molar-refractivity contribution in [1.82, 2.24) is 0 Å². The van der Waals surface area contributed by atoms with Gasteiger partial charge in [0.15, 0.2) is 6.79 Å². The Labute approximate surface area is 174 Å². The number of fused-ring (bicyclic) bond motifs is 1. The van der Waals surface area contributed by atoms with Crippen molar-refractivity contribution >= 4 is 5.97 Å². The summed E-state index contributed by atoms with van der Waals surface area (Å²) in [4.78, 5) is 11.4. The first-order valence-electron chi connectivity index (χ1n) is 10.2. The van der Waals surface area contributed by atoms with Gasteiger partial charge in [-0.15, -0.1) is 0 Å². The van der Waals surface area contributed by atoms with Crippen molar-refractivity contribution in [3.05, 3.63) is 34.9 Å². The lowest BCUT2D eigenvalue weighted by atomic mass is 9.87. The summed E-state index contributed by atoms with van der Waals surface area (Å²) in [7, 11) is 1.64. The van der Waals surface area contributed by atoms with Crippen LogP contribution < -0.4 is 9.47 Å². The SMILES string of the molecule is CCOC(=O)/C=C/CCC1(C)CCc2cc(OCOCCOC)c(C)c(C)c2O1. The lowest BCUT2D eigenvalue weighted by Gasteiger charge is -2.37. The molecule has 1 atom stereocenters. The highest BCUT2D eigenvalue weighted by Crippen LogP contribution is 2.42. The Bertz CT molecular complexity index is 712. The average molecular weight is 407 g/mol. The lowest BCUT2D eigenvalue weighted by Crippen LogP contribution is -2.36. The molecule has 1 unspecified atom stereocenters. The van der Waals surface area contributed by atoms with E-state index >= 15 is 0 Å². The minimum atomic E-state index is -0.294. The summed E-state index contributed by atoms with van der Waals surface area (Å²) in [5.74, 6) is 1.50. The molecule has 0 fully saturated rings. The molecule has 1 aliphatic rings. The molecule has 0 aliphatic carbocycles. The smallest absolute Gasteiger partial charge is 0.330 e. The molecule has 0 aromatic heterocycles. The second kappa shape index (κ2) is 11.2. The summed E-state index contributed by atoms with van der Waals surface area (Å²) < 4.78 is 27.6. The third-order valence-corrected chi connectivity index (χ3v) is 5.25. The van der Waals surface area contributed by atoms with E-state index in [9.17, 15) is 4.79 Å². The number of rotatable bonds is 11. The molecule has 0 saturated carbocycles. The molecule has 6 nitrogen and oxygen atoms in total. The molecule has 0 saturated heterocycles. The van der Waals surface area contributed by atoms with Crippen LogP contribution in [-0.4, -0.2) is 45.3 Å². The van der Waals surface area contributed by atoms with Crippen LogP contribution in [0.1, 0.15) is 49.8 Å². The molecule has 0 bridgehead atoms. The van der Waals surface area contributed by atoms with Crippen LogP contribution in [0.15, 0.2) is 18.2 Å². The number of ether oxygens (including phenoxy) is 5. The van der Waals surface area contributed by atoms with E-state index in [-0.39, 0.29) is 18.4 Å². The monoisotopic (exact) mass is 406 g/mol. The number of allylic oxidation sites excluding steroid dienone is 1. The third-order valence-electron chi connectivity index (χ3n) is 5.25. The minimum absolute atomic E-state index is 0.202. The van der Waals surface area contributed by atoms with Gasteiger partial charge >= 0.3 is 5.97 Å². The zero-order valence-electron chi connectivity index (χ0n) is 18.3. The van der Waals surface area contributed by atoms with E-state index in [0.29, 0.717) is 19.8 Å². The first-order valence-corrected chi connectivity index (χ1v) is 10.2. The standard InChI is InChI=1S/C23H34O6/c1-6-27-21(24)9-7-8-11-23(4)12-10-19-15-20(28-16-26-14-13-25-5)17(2)18(3)22(19)29-23/h7,9,15H,6,8,10-14,16H2,1-5H3/b9-7+. The molecular weight excluding hydrogens is 372 g/mol. The first kappa shape index (κ1) is 23.2. The topological polar surface area (TPSA) is 63.2 Å². The third kappa shape index (κ3) is 6.75. The van der Waals surface area contributed by atoms with Crippen molar-refractivity contribution < 1.29 is 28.5 Å². The van der Waals surface area contributed by atoms with E-state index in [0.717, 1.165) is 48.3 Å². The first-order chi connectivity index (χ1) is 13.9. The molecular formula is C23H34O6. The zero-order chi connectivity index (χ0) is 21.3. The number of hydrogen-bond acceptors (Lipinski definition) is 6. The highest BCUT2D eigenvalue weighted by Gasteiger charge is 2.32. The normalized spacial score (nSPS) is 18.4. The Kier molecular flexibility index (Phi) is 8.99. The lowest BCUT2D eigenvalue weighted by molar-refractivity contribution is -0.137. The summed E-state index contributed by atoms with van der Waals surface area (Å²) in [6.45, 7) is 9.69. The van der Waals surface area contributed by atoms with Gasteiger partial charge in [0.25, 0.3) is 0 Å². The fraction of sp³-hybridized carbons (Fsp3) is 0.609. The fourth-order valence-electron chi connectivity index (χ4n) is 3.34. The Morgan fingerprint density at radius 2 is 2.07 bits per heavy atom. The molecule has 0 N–H and O–H groups in total. The van der Waals surface area contributed by atoms with Gasteiger partial charge in [0, 0.05) is 13.2 Å². The van der Waals surface area contributed by atoms with E-state index in [1.165, 1.54) is 11.6 Å². The quantitative estimate of drug-likeness (QED) is 0.236. The molecule has 1 aliphatic heterocycles. The number of aryl methyl sites for hydroxylation is 1. The van der Waals surface area contributed by atoms with Crippen LogP contribution >= 0.6 is 0 Å². The Balaban J connectivity index is 1.98. The van der Waals surface area contributed by atoms with Crippen LogP contribution in [0, 0.1) is 13.8 Å². The van der Waals surface area contributed by atoms with E-state index in [1.807, 2.05) is 13.0 Å². The largest absolute Gasteiger partial charge is 0.487 e. The molecule has 1 aromatic carbocycles. The maximum atomic E-state index is 11.4. The van der Waals surface area contributed by atoms with Crippen molar-refractivity contribution in [3.8, 4) is 11.5 Å². The van der Waals surface area contributed by atoms with Gasteiger partial charge in [-0.3, -0.25) is 0 Å². The average Bonchev–Trinajstić information content (AvgIpc) is 2.70. The number of hydrogen-bond donors (Lipinski definition) is 0. The minimum Gasteiger partial charge on any atom is -0.487 e. The predicted octanol–water partition coefficient (Wildman–Crippen LogP) is 4.29. The van der Waals surface area contributed by atoms with Crippen molar-refractivity contribution in [3.63, 3.8) is 0 Å². The molecule has 1 heterocycles. The zero-order valence-corrected chi connectivity index (χ0v) is 18.3. The summed E-state index contributed by atoms with van der Waals surface area (Å²) in [5.41, 5.74) is 3.07. The van der Waals surface area contributed by atoms with Gasteiger partial charge in [-0.2, -0.15) is 0 Å². The number of methoxy groups -OCH3 is 1. The molecule has 29 heavy (non-hydrogen) atoms. The van der Waals surface area contributed by atoms with E-state index in [1.54, 1.807) is 14.0 Å². The maximum Gasteiger partial charge on any atom is 0.330 e. The summed E-state index contributed by atoms with van der Waals surface area (Å²) in [6.07, 6.45) is 6.81. The molecule has 162 valence electrons. The maximum absolute atomic E-state index is 11.4. The van der Waals surface area contributed by atoms with Crippen molar-refractivity contribution in [1.29, 1.82) is 0 Å². The van der Waals surface area contributed by atoms with Crippen LogP contribution in [0.4, 0.5) is 0 Å². The van der Waals surface area contributed by atoms with Gasteiger partial charge in [-0.1, -0.05) is 6.08 Å². The van der Waals surface area contributed by atoms with Gasteiger partial charge in [0.05, 0.1) is 19.8 Å². The molecule has 6 heteroatoms. The van der Waals surface area contributed by atoms with Gasteiger partial charge < -0.3 is 23.7 Å². The van der Waals surface area contributed by atoms with Crippen LogP contribution in [0.5, 0.6) is 11.5 Å². The highest BCUT2D eigenvalue weighted by atomic mass is 16.7. The number of benzene rings is 1. The Morgan fingerprint density at radius 3 is 2.79 bits per heavy atom. The predicted molar refractivity (Wildman–Crippen MR) is 112 cm³/mol. The second-order valence-corrected chi connectivity index (χ2v) is 7.52. The summed E-state index contributed by atoms with van der Waals surface area (Å²) in [5, 5.41) is 0. The van der Waals surface area contributed by atoms with Crippen LogP contribution in [-0.2, 0) is 25.4 Å². The molecule has 0 amide bonds. The molecule has 0 spiro atoms. The van der Waals surface area contributed by atoms with Crippen molar-refractivity contribution in [2.75, 3.05) is 33.7 Å². The highest BCUT2D eigenvalue weighted by molar-refractivity contribution is 5.81. The summed E-state index contributed by atoms with van der Waals surface area (Å²) in [6, 6.07) is 2.07. The van der Waals surface area contributed by atoms with Crippen LogP contribution in [0.25, 0.3) is 0 Å². The number of carbonyl (C=O) groups is 1. The second-order valence-electron chi connectivity index (χ2n) is 7.52. The Hall–Kier alpha value is -2.05. The van der Waals surface area contributed by atoms with E-state index < -0.39 is 0 Å². The van der Waals surface area contributed by atoms with Gasteiger partial charge in [-0.05, 0) is 76.1 Å². The van der Waals surface area contributed by atoms with Crippen LogP contribution in [0.3, 0.4) is 0 Å². The van der Waals surface area contributed by atoms with Crippen molar-refractivity contribution in [2.24, 2.45) is 0 Å². The van der Waals surface area contributed by atoms with E-state index in [4.69, 9.17) is 23.7 Å². The van der Waals surface area contributed by atoms with Gasteiger partial charge in [0.2, 0.25) is 0 Å². The van der Waals surface area contributed by atoms with Crippen molar-refractivity contribution in [2.45, 2.75) is 59.0 Å². The van der Waals surface area contributed by atoms with Crippen LogP contribution in [0.2, 0.25) is 0 Å². The van der Waals surface area contributed by atoms with Gasteiger partial charge in [-0.25, -0.2) is 4.79 Å². The van der Waals surface area contributed by atoms with Gasteiger partial charge in [0.1, 0.15) is 17.1 Å². The van der Waals surface area contributed by atoms with E-state index in [2.05, 4.69) is 19.9 Å². The number of carbonyl (C=O) groups excluding carboxylic acids is 1. The summed E-state index contributed by atoms with van der Waals surface area (Å²) >= 11 is 0.